The highest BCUT2D eigenvalue weighted by Gasteiger charge is 2.48. The van der Waals surface area contributed by atoms with Crippen LogP contribution in [0.25, 0.3) is 44.1 Å². The van der Waals surface area contributed by atoms with Gasteiger partial charge in [-0.25, -0.2) is 47.1 Å². The maximum atomic E-state index is 16.8. The van der Waals surface area contributed by atoms with E-state index in [2.05, 4.69) is 0 Å². The number of imidazole rings is 4. The topological polar surface area (TPSA) is 112 Å². The van der Waals surface area contributed by atoms with Crippen LogP contribution in [0.15, 0.2) is 182 Å². The van der Waals surface area contributed by atoms with Gasteiger partial charge in [0.05, 0.1) is 66.1 Å². The molecule has 0 spiro atoms. The van der Waals surface area contributed by atoms with Crippen molar-refractivity contribution in [1.82, 2.24) is 37.3 Å². The van der Waals surface area contributed by atoms with Gasteiger partial charge in [0.1, 0.15) is 0 Å². The summed E-state index contributed by atoms with van der Waals surface area (Å²) in [5, 5.41) is 1.04. The summed E-state index contributed by atoms with van der Waals surface area (Å²) >= 11 is 0. The molecule has 0 atom stereocenters. The van der Waals surface area contributed by atoms with Gasteiger partial charge in [0.25, 0.3) is 0 Å². The van der Waals surface area contributed by atoms with Crippen molar-refractivity contribution < 1.29 is 9.13 Å². The monoisotopic (exact) mass is 816 g/mol. The van der Waals surface area contributed by atoms with E-state index in [4.69, 9.17) is 19.9 Å². The molecule has 2 aliphatic rings. The van der Waals surface area contributed by atoms with E-state index in [9.17, 15) is 0 Å². The van der Waals surface area contributed by atoms with Crippen LogP contribution in [0.2, 0.25) is 0 Å². The molecule has 12 nitrogen and oxygen atoms in total. The summed E-state index contributed by atoms with van der Waals surface area (Å²) in [5.74, 6) is 1.95. The molecule has 286 valence electrons. The third-order valence-corrected chi connectivity index (χ3v) is 17.2. The van der Waals surface area contributed by atoms with Crippen LogP contribution < -0.4 is 20.4 Å². The highest BCUT2D eigenvalue weighted by molar-refractivity contribution is 7.70. The third kappa shape index (κ3) is 4.25. The van der Waals surface area contributed by atoms with Gasteiger partial charge in [-0.3, -0.25) is 9.13 Å². The summed E-state index contributed by atoms with van der Waals surface area (Å²) in [7, 11) is -7.77. The first-order valence-electron chi connectivity index (χ1n) is 19.5. The van der Waals surface area contributed by atoms with Gasteiger partial charge in [0.15, 0.2) is 0 Å². The Hall–Kier alpha value is -7.52. The van der Waals surface area contributed by atoms with E-state index in [1.54, 1.807) is 0 Å². The van der Waals surface area contributed by atoms with Crippen LogP contribution in [0.3, 0.4) is 0 Å². The van der Waals surface area contributed by atoms with Crippen molar-refractivity contribution in [2.24, 2.45) is 0 Å². The summed E-state index contributed by atoms with van der Waals surface area (Å²) in [6.07, 6.45) is 0. The highest BCUT2D eigenvalue weighted by Crippen LogP contribution is 2.63. The largest absolute Gasteiger partial charge is 0.306 e. The smallest absolute Gasteiger partial charge is 0.269 e. The molecule has 0 bridgehead atoms. The minimum atomic E-state index is -3.89. The maximum Gasteiger partial charge on any atom is 0.306 e. The van der Waals surface area contributed by atoms with Crippen LogP contribution in [0, 0.1) is 0 Å². The lowest BCUT2D eigenvalue weighted by atomic mass is 10.3. The first kappa shape index (κ1) is 33.5. The van der Waals surface area contributed by atoms with Crippen molar-refractivity contribution in [3.05, 3.63) is 182 Å². The molecule has 0 N–H and O–H groups in total. The molecule has 4 aromatic heterocycles. The van der Waals surface area contributed by atoms with Crippen LogP contribution >= 0.6 is 14.9 Å². The van der Waals surface area contributed by atoms with Crippen molar-refractivity contribution in [1.29, 1.82) is 0 Å². The number of aromatic nitrogens is 8. The Morgan fingerprint density at radius 1 is 0.300 bits per heavy atom. The van der Waals surface area contributed by atoms with Gasteiger partial charge < -0.3 is 0 Å². The summed E-state index contributed by atoms with van der Waals surface area (Å²) in [6, 6.07) is 58.3. The lowest BCUT2D eigenvalue weighted by Gasteiger charge is -2.36. The number of hydrogen-bond donors (Lipinski definition) is 0. The molecule has 11 aromatic rings. The summed E-state index contributed by atoms with van der Waals surface area (Å²) in [6.45, 7) is 0. The number of hydrogen-bond acceptors (Lipinski definition) is 8. The molecular weight excluding hydrogens is 787 g/mol. The Labute approximate surface area is 341 Å². The van der Waals surface area contributed by atoms with Gasteiger partial charge in [-0.05, 0) is 97.1 Å². The van der Waals surface area contributed by atoms with Crippen LogP contribution in [-0.2, 0) is 9.13 Å². The SMILES string of the molecule is O=P1(c2ccc(P3(=O)n4c(nc5ccccc54)N(c4ccccc4)c4nc5ccccc5n43)cc2)n2c(nc3ccccc32)N(c2ccccc2)c2nc3ccccc3n21. The van der Waals surface area contributed by atoms with Crippen LogP contribution in [0.4, 0.5) is 35.2 Å². The molecule has 60 heavy (non-hydrogen) atoms. The predicted molar refractivity (Wildman–Crippen MR) is 238 cm³/mol. The third-order valence-electron chi connectivity index (χ3n) is 11.5. The molecule has 0 saturated carbocycles. The second-order valence-corrected chi connectivity index (χ2v) is 19.6. The van der Waals surface area contributed by atoms with E-state index in [0.717, 1.165) is 33.4 Å². The van der Waals surface area contributed by atoms with E-state index in [1.165, 1.54) is 0 Å². The Balaban J connectivity index is 1.08. The molecule has 0 radical (unpaired) electrons. The molecule has 6 heterocycles. The van der Waals surface area contributed by atoms with Crippen molar-refractivity contribution in [2.45, 2.75) is 0 Å². The molecule has 0 aliphatic carbocycles. The molecule has 0 amide bonds. The van der Waals surface area contributed by atoms with Crippen LogP contribution in [0.5, 0.6) is 0 Å². The molecule has 7 aromatic carbocycles. The predicted octanol–water partition coefficient (Wildman–Crippen LogP) is 10.5. The summed E-state index contributed by atoms with van der Waals surface area (Å²) in [5.41, 5.74) is 7.34. The Bertz CT molecular complexity index is 3240. The van der Waals surface area contributed by atoms with E-state index >= 15 is 9.13 Å². The second kappa shape index (κ2) is 12.0. The van der Waals surface area contributed by atoms with Gasteiger partial charge in [0, 0.05) is 0 Å². The maximum absolute atomic E-state index is 16.8. The Kier molecular flexibility index (Phi) is 6.70. The number of benzene rings is 7. The fourth-order valence-corrected chi connectivity index (χ4v) is 14.6. The zero-order chi connectivity index (χ0) is 39.7. The molecule has 2 aliphatic heterocycles. The highest BCUT2D eigenvalue weighted by atomic mass is 31.2. The van der Waals surface area contributed by atoms with Gasteiger partial charge >= 0.3 is 14.9 Å². The van der Waals surface area contributed by atoms with E-state index in [-0.39, 0.29) is 0 Å². The quantitative estimate of drug-likeness (QED) is 0.161. The normalized spacial score (nSPS) is 15.0. The first-order chi connectivity index (χ1) is 29.5. The fraction of sp³-hybridized carbons (Fsp3) is 0. The number of nitrogens with zero attached hydrogens (tertiary/aromatic N) is 10. The van der Waals surface area contributed by atoms with Gasteiger partial charge in [-0.15, -0.1) is 0 Å². The van der Waals surface area contributed by atoms with Crippen molar-refractivity contribution in [3.8, 4) is 0 Å². The molecule has 14 heteroatoms. The average molecular weight is 817 g/mol. The zero-order valence-electron chi connectivity index (χ0n) is 31.5. The second-order valence-electron chi connectivity index (χ2n) is 14.8. The standard InChI is InChI=1S/C46H30N10O2P2/c57-59(53-39-23-11-7-19-35(39)47-43(53)51(31-15-3-1-4-16-31)44-48-36-20-8-12-24-40(36)54(44)59)33-27-29-34(30-28-33)60(58)55-41-25-13-9-21-37(41)49-45(55)52(32-17-5-2-6-18-32)46-50-38-22-10-14-26-42(38)56(46)60/h1-30H. The minimum absolute atomic E-state index is 0.489. The van der Waals surface area contributed by atoms with E-state index in [0.29, 0.717) is 56.5 Å². The van der Waals surface area contributed by atoms with Gasteiger partial charge in [-0.1, -0.05) is 84.9 Å². The molecule has 0 fully saturated rings. The Morgan fingerprint density at radius 3 is 0.833 bits per heavy atom. The van der Waals surface area contributed by atoms with Gasteiger partial charge in [0.2, 0.25) is 23.8 Å². The van der Waals surface area contributed by atoms with Crippen molar-refractivity contribution >= 4 is 105 Å². The molecule has 0 saturated heterocycles. The molecule has 13 rings (SSSR count). The fourth-order valence-electron chi connectivity index (χ4n) is 8.93. The number of rotatable bonds is 4. The number of fused-ring (bicyclic) bond motifs is 12. The number of anilines is 6. The lowest BCUT2D eigenvalue weighted by Crippen LogP contribution is -2.31. The minimum Gasteiger partial charge on any atom is -0.269 e. The van der Waals surface area contributed by atoms with Crippen LogP contribution in [-0.4, -0.2) is 37.3 Å². The lowest BCUT2D eigenvalue weighted by molar-refractivity contribution is 0.567. The van der Waals surface area contributed by atoms with Crippen molar-refractivity contribution in [2.75, 3.05) is 9.80 Å². The van der Waals surface area contributed by atoms with Crippen LogP contribution in [0.1, 0.15) is 0 Å². The zero-order valence-corrected chi connectivity index (χ0v) is 33.3. The molecule has 0 unspecified atom stereocenters. The number of para-hydroxylation sites is 10. The van der Waals surface area contributed by atoms with E-state index < -0.39 is 14.9 Å². The Morgan fingerprint density at radius 2 is 0.550 bits per heavy atom. The summed E-state index contributed by atoms with van der Waals surface area (Å²) in [4.78, 5) is 24.4. The van der Waals surface area contributed by atoms with E-state index in [1.807, 2.05) is 209 Å². The van der Waals surface area contributed by atoms with Crippen molar-refractivity contribution in [3.63, 3.8) is 0 Å². The summed E-state index contributed by atoms with van der Waals surface area (Å²) < 4.78 is 41.0. The first-order valence-corrected chi connectivity index (χ1v) is 22.7. The van der Waals surface area contributed by atoms with Gasteiger partial charge in [-0.2, -0.15) is 0 Å². The molecular formula is C46H30N10O2P2. The average Bonchev–Trinajstić information content (AvgIpc) is 4.08.